The molecule has 3 rings (SSSR count). The third-order valence-electron chi connectivity index (χ3n) is 3.08. The molecule has 2 aromatic rings. The Labute approximate surface area is 111 Å². The average molecular weight is 260 g/mol. The Morgan fingerprint density at radius 2 is 2.26 bits per heavy atom. The van der Waals surface area contributed by atoms with Crippen LogP contribution in [0.4, 0.5) is 0 Å². The Morgan fingerprint density at radius 1 is 1.42 bits per heavy atom. The van der Waals surface area contributed by atoms with Crippen LogP contribution in [0.15, 0.2) is 30.7 Å². The second-order valence-electron chi connectivity index (χ2n) is 4.99. The van der Waals surface area contributed by atoms with E-state index in [-0.39, 0.29) is 6.61 Å². The number of hydrogen-bond donors (Lipinski definition) is 1. The van der Waals surface area contributed by atoms with Gasteiger partial charge in [-0.3, -0.25) is 0 Å². The second kappa shape index (κ2) is 4.36. The molecule has 0 amide bonds. The fraction of sp³-hybridized carbons (Fsp3) is 0.357. The molecule has 1 aromatic heterocycles. The Balaban J connectivity index is 2.07. The van der Waals surface area contributed by atoms with E-state index in [1.807, 2.05) is 36.6 Å². The molecule has 1 aromatic carbocycles. The highest BCUT2D eigenvalue weighted by atomic mass is 16.7. The van der Waals surface area contributed by atoms with Gasteiger partial charge in [-0.2, -0.15) is 0 Å². The van der Waals surface area contributed by atoms with E-state index >= 15 is 0 Å². The molecule has 19 heavy (non-hydrogen) atoms. The summed E-state index contributed by atoms with van der Waals surface area (Å²) in [5, 5.41) is 9.09. The molecule has 5 heteroatoms. The fourth-order valence-electron chi connectivity index (χ4n) is 2.11. The van der Waals surface area contributed by atoms with E-state index < -0.39 is 5.79 Å². The smallest absolute Gasteiger partial charge is 0.205 e. The van der Waals surface area contributed by atoms with Crippen LogP contribution in [0.5, 0.6) is 5.75 Å². The highest BCUT2D eigenvalue weighted by molar-refractivity contribution is 5.52. The maximum absolute atomic E-state index is 9.09. The molecular weight excluding hydrogens is 244 g/mol. The van der Waals surface area contributed by atoms with Gasteiger partial charge in [-0.15, -0.1) is 0 Å². The van der Waals surface area contributed by atoms with Gasteiger partial charge in [0.05, 0.1) is 30.9 Å². The van der Waals surface area contributed by atoms with Gasteiger partial charge in [-0.25, -0.2) is 4.98 Å². The SMILES string of the molecule is CC1(C)OCc2cccc(-n3cnc(CO)c3)c2O1. The lowest BCUT2D eigenvalue weighted by Gasteiger charge is -2.33. The molecule has 2 heterocycles. The number of hydrogen-bond acceptors (Lipinski definition) is 4. The predicted molar refractivity (Wildman–Crippen MR) is 69.0 cm³/mol. The molecule has 0 spiro atoms. The zero-order chi connectivity index (χ0) is 13.5. The number of ether oxygens (including phenoxy) is 2. The summed E-state index contributed by atoms with van der Waals surface area (Å²) in [6, 6.07) is 5.90. The van der Waals surface area contributed by atoms with Crippen molar-refractivity contribution in [1.82, 2.24) is 9.55 Å². The van der Waals surface area contributed by atoms with Crippen molar-refractivity contribution < 1.29 is 14.6 Å². The molecule has 1 aliphatic heterocycles. The summed E-state index contributed by atoms with van der Waals surface area (Å²) in [6.07, 6.45) is 3.47. The van der Waals surface area contributed by atoms with Gasteiger partial charge < -0.3 is 19.1 Å². The van der Waals surface area contributed by atoms with Crippen molar-refractivity contribution in [2.24, 2.45) is 0 Å². The Bertz CT molecular complexity index is 604. The monoisotopic (exact) mass is 260 g/mol. The largest absolute Gasteiger partial charge is 0.460 e. The number of para-hydroxylation sites is 1. The lowest BCUT2D eigenvalue weighted by Crippen LogP contribution is -2.35. The first-order chi connectivity index (χ1) is 9.09. The minimum absolute atomic E-state index is 0.0719. The number of rotatable bonds is 2. The van der Waals surface area contributed by atoms with Crippen molar-refractivity contribution >= 4 is 0 Å². The lowest BCUT2D eigenvalue weighted by molar-refractivity contribution is -0.180. The first-order valence-electron chi connectivity index (χ1n) is 6.18. The maximum Gasteiger partial charge on any atom is 0.205 e. The van der Waals surface area contributed by atoms with Gasteiger partial charge in [0.25, 0.3) is 0 Å². The van der Waals surface area contributed by atoms with E-state index in [9.17, 15) is 0 Å². The number of fused-ring (bicyclic) bond motifs is 1. The van der Waals surface area contributed by atoms with Crippen LogP contribution < -0.4 is 4.74 Å². The third kappa shape index (κ3) is 2.22. The van der Waals surface area contributed by atoms with E-state index in [1.54, 1.807) is 12.5 Å². The average Bonchev–Trinajstić information content (AvgIpc) is 2.85. The number of imidazole rings is 1. The van der Waals surface area contributed by atoms with Crippen molar-refractivity contribution in [2.75, 3.05) is 0 Å². The van der Waals surface area contributed by atoms with Crippen molar-refractivity contribution in [3.8, 4) is 11.4 Å². The van der Waals surface area contributed by atoms with Gasteiger partial charge >= 0.3 is 0 Å². The van der Waals surface area contributed by atoms with Gasteiger partial charge in [0, 0.05) is 25.6 Å². The van der Waals surface area contributed by atoms with Crippen LogP contribution >= 0.6 is 0 Å². The van der Waals surface area contributed by atoms with Crippen molar-refractivity contribution in [2.45, 2.75) is 32.8 Å². The van der Waals surface area contributed by atoms with Crippen LogP contribution in [0.3, 0.4) is 0 Å². The summed E-state index contributed by atoms with van der Waals surface area (Å²) in [7, 11) is 0. The van der Waals surface area contributed by atoms with Crippen LogP contribution in [-0.4, -0.2) is 20.4 Å². The molecule has 100 valence electrons. The van der Waals surface area contributed by atoms with E-state index in [2.05, 4.69) is 4.98 Å². The summed E-state index contributed by atoms with van der Waals surface area (Å²) in [6.45, 7) is 4.23. The molecule has 0 aliphatic carbocycles. The molecule has 0 fully saturated rings. The number of benzene rings is 1. The summed E-state index contributed by atoms with van der Waals surface area (Å²) in [4.78, 5) is 4.12. The Morgan fingerprint density at radius 3 is 3.00 bits per heavy atom. The first kappa shape index (κ1) is 12.2. The number of nitrogens with zero attached hydrogens (tertiary/aromatic N) is 2. The predicted octanol–water partition coefficient (Wildman–Crippen LogP) is 2.01. The first-order valence-corrected chi connectivity index (χ1v) is 6.18. The van der Waals surface area contributed by atoms with Gasteiger partial charge in [0.15, 0.2) is 5.75 Å². The zero-order valence-corrected chi connectivity index (χ0v) is 11.0. The standard InChI is InChI=1S/C14H16N2O3/c1-14(2)18-8-10-4-3-5-12(13(10)19-14)16-6-11(7-17)15-9-16/h3-6,9,17H,7-8H2,1-2H3. The van der Waals surface area contributed by atoms with Gasteiger partial charge in [-0.1, -0.05) is 12.1 Å². The Hall–Kier alpha value is -1.85. The van der Waals surface area contributed by atoms with Crippen LogP contribution in [-0.2, 0) is 18.0 Å². The van der Waals surface area contributed by atoms with E-state index in [4.69, 9.17) is 14.6 Å². The minimum atomic E-state index is -0.635. The molecule has 0 unspecified atom stereocenters. The fourth-order valence-corrected chi connectivity index (χ4v) is 2.11. The summed E-state index contributed by atoms with van der Waals surface area (Å²) in [5.74, 6) is 0.171. The van der Waals surface area contributed by atoms with Crippen molar-refractivity contribution in [3.63, 3.8) is 0 Å². The number of aliphatic hydroxyl groups is 1. The van der Waals surface area contributed by atoms with Crippen LogP contribution in [0.25, 0.3) is 5.69 Å². The molecule has 0 bridgehead atoms. The van der Waals surface area contributed by atoms with Crippen LogP contribution in [0, 0.1) is 0 Å². The van der Waals surface area contributed by atoms with Crippen molar-refractivity contribution in [1.29, 1.82) is 0 Å². The lowest BCUT2D eigenvalue weighted by atomic mass is 10.1. The summed E-state index contributed by atoms with van der Waals surface area (Å²) < 4.78 is 13.4. The third-order valence-corrected chi connectivity index (χ3v) is 3.08. The van der Waals surface area contributed by atoms with E-state index in [0.717, 1.165) is 17.0 Å². The van der Waals surface area contributed by atoms with Gasteiger partial charge in [0.1, 0.15) is 0 Å². The van der Waals surface area contributed by atoms with Gasteiger partial charge in [-0.05, 0) is 6.07 Å². The number of aromatic nitrogens is 2. The molecule has 0 atom stereocenters. The van der Waals surface area contributed by atoms with Gasteiger partial charge in [0.2, 0.25) is 5.79 Å². The minimum Gasteiger partial charge on any atom is -0.460 e. The summed E-state index contributed by atoms with van der Waals surface area (Å²) in [5.41, 5.74) is 2.54. The van der Waals surface area contributed by atoms with Crippen LogP contribution in [0.2, 0.25) is 0 Å². The molecule has 0 radical (unpaired) electrons. The highest BCUT2D eigenvalue weighted by Crippen LogP contribution is 2.36. The second-order valence-corrected chi connectivity index (χ2v) is 4.99. The number of aliphatic hydroxyl groups excluding tert-OH is 1. The zero-order valence-electron chi connectivity index (χ0n) is 11.0. The van der Waals surface area contributed by atoms with E-state index in [1.165, 1.54) is 0 Å². The van der Waals surface area contributed by atoms with Crippen molar-refractivity contribution in [3.05, 3.63) is 42.0 Å². The molecule has 1 N–H and O–H groups in total. The topological polar surface area (TPSA) is 56.5 Å². The van der Waals surface area contributed by atoms with E-state index in [0.29, 0.717) is 12.3 Å². The molecule has 0 saturated carbocycles. The van der Waals surface area contributed by atoms with Crippen LogP contribution in [0.1, 0.15) is 25.1 Å². The normalized spacial score (nSPS) is 16.8. The highest BCUT2D eigenvalue weighted by Gasteiger charge is 2.29. The molecular formula is C14H16N2O3. The molecule has 1 aliphatic rings. The maximum atomic E-state index is 9.09. The quantitative estimate of drug-likeness (QED) is 0.897. The Kier molecular flexibility index (Phi) is 2.80. The summed E-state index contributed by atoms with van der Waals surface area (Å²) >= 11 is 0. The molecule has 0 saturated heterocycles. The molecule has 5 nitrogen and oxygen atoms in total.